The first-order chi connectivity index (χ1) is 13.0. The molecule has 8 heteroatoms. The third-order valence-electron chi connectivity index (χ3n) is 5.38. The predicted octanol–water partition coefficient (Wildman–Crippen LogP) is 4.25. The topological polar surface area (TPSA) is 40.6 Å². The van der Waals surface area contributed by atoms with Gasteiger partial charge in [-0.05, 0) is 68.8 Å². The fraction of sp³-hybridized carbons (Fsp3) is 0.600. The van der Waals surface area contributed by atoms with Crippen LogP contribution in [0.5, 0.6) is 0 Å². The molecule has 1 aromatic rings. The van der Waals surface area contributed by atoms with E-state index in [9.17, 15) is 21.6 Å². The molecule has 1 aliphatic rings. The molecule has 0 spiro atoms. The van der Waals surface area contributed by atoms with E-state index in [1.807, 2.05) is 6.08 Å². The van der Waals surface area contributed by atoms with Crippen LogP contribution in [-0.4, -0.2) is 51.4 Å². The number of sulfonamides is 1. The number of benzene rings is 1. The van der Waals surface area contributed by atoms with Crippen molar-refractivity contribution in [2.75, 3.05) is 33.7 Å². The van der Waals surface area contributed by atoms with E-state index in [0.29, 0.717) is 12.5 Å². The molecule has 1 saturated carbocycles. The van der Waals surface area contributed by atoms with Crippen LogP contribution < -0.4 is 0 Å². The van der Waals surface area contributed by atoms with Crippen molar-refractivity contribution in [1.29, 1.82) is 0 Å². The van der Waals surface area contributed by atoms with Gasteiger partial charge < -0.3 is 4.90 Å². The molecule has 0 atom stereocenters. The van der Waals surface area contributed by atoms with E-state index < -0.39 is 21.8 Å². The molecule has 0 aliphatic heterocycles. The predicted molar refractivity (Wildman–Crippen MR) is 104 cm³/mol. The van der Waals surface area contributed by atoms with Crippen LogP contribution in [0.3, 0.4) is 0 Å². The summed E-state index contributed by atoms with van der Waals surface area (Å²) in [7, 11) is -0.229. The normalized spacial score (nSPS) is 21.2. The lowest BCUT2D eigenvalue weighted by Crippen LogP contribution is -2.35. The summed E-state index contributed by atoms with van der Waals surface area (Å²) in [4.78, 5) is 2.13. The summed E-state index contributed by atoms with van der Waals surface area (Å²) in [5, 5.41) is 0. The molecule has 0 unspecified atom stereocenters. The molecule has 4 nitrogen and oxygen atoms in total. The summed E-state index contributed by atoms with van der Waals surface area (Å²) in [5.74, 6) is 0.883. The van der Waals surface area contributed by atoms with Crippen LogP contribution in [0.15, 0.2) is 41.8 Å². The summed E-state index contributed by atoms with van der Waals surface area (Å²) >= 11 is 0. The number of hydrogen-bond donors (Lipinski definition) is 0. The summed E-state index contributed by atoms with van der Waals surface area (Å²) in [6, 6.07) is 3.68. The Kier molecular flexibility index (Phi) is 7.70. The van der Waals surface area contributed by atoms with Crippen LogP contribution in [0.4, 0.5) is 13.2 Å². The van der Waals surface area contributed by atoms with Gasteiger partial charge in [-0.25, -0.2) is 12.7 Å². The smallest absolute Gasteiger partial charge is 0.302 e. The van der Waals surface area contributed by atoms with Gasteiger partial charge in [-0.1, -0.05) is 6.08 Å². The second kappa shape index (κ2) is 9.41. The van der Waals surface area contributed by atoms with Gasteiger partial charge in [0.2, 0.25) is 10.0 Å². The Morgan fingerprint density at radius 2 is 1.54 bits per heavy atom. The van der Waals surface area contributed by atoms with Crippen molar-refractivity contribution in [3.8, 4) is 0 Å². The van der Waals surface area contributed by atoms with E-state index in [4.69, 9.17) is 0 Å². The molecule has 0 amide bonds. The standard InChI is InChI=1S/C20H29F3N2O2S/c1-4-13-24(2)14-16-5-7-17(8-6-16)15-25(3)28(26,27)19-11-9-18(10-12-19)20(21,22)23/h4,9-12,16-17H,1,5-8,13-15H2,2-3H3. The van der Waals surface area contributed by atoms with E-state index in [1.54, 1.807) is 0 Å². The van der Waals surface area contributed by atoms with Crippen LogP contribution >= 0.6 is 0 Å². The van der Waals surface area contributed by atoms with Crippen molar-refractivity contribution < 1.29 is 21.6 Å². The molecule has 28 heavy (non-hydrogen) atoms. The molecule has 1 aliphatic carbocycles. The van der Waals surface area contributed by atoms with Gasteiger partial charge in [0.05, 0.1) is 10.5 Å². The monoisotopic (exact) mass is 418 g/mol. The molecule has 0 radical (unpaired) electrons. The minimum atomic E-state index is -4.48. The Labute approximate surface area is 166 Å². The van der Waals surface area contributed by atoms with E-state index in [1.165, 1.54) is 11.4 Å². The number of halogens is 3. The molecule has 0 bridgehead atoms. The molecule has 0 heterocycles. The van der Waals surface area contributed by atoms with Crippen molar-refractivity contribution in [2.45, 2.75) is 36.8 Å². The quantitative estimate of drug-likeness (QED) is 0.593. The molecule has 2 rings (SSSR count). The van der Waals surface area contributed by atoms with Crippen molar-refractivity contribution >= 4 is 10.0 Å². The fourth-order valence-electron chi connectivity index (χ4n) is 3.79. The molecular formula is C20H29F3N2O2S. The highest BCUT2D eigenvalue weighted by atomic mass is 32.2. The maximum atomic E-state index is 12.7. The highest BCUT2D eigenvalue weighted by Gasteiger charge is 2.32. The first-order valence-electron chi connectivity index (χ1n) is 9.47. The molecule has 0 saturated heterocycles. The van der Waals surface area contributed by atoms with Crippen molar-refractivity contribution in [3.05, 3.63) is 42.5 Å². The number of hydrogen-bond acceptors (Lipinski definition) is 3. The molecule has 158 valence electrons. The van der Waals surface area contributed by atoms with Crippen molar-refractivity contribution in [3.63, 3.8) is 0 Å². The van der Waals surface area contributed by atoms with E-state index >= 15 is 0 Å². The zero-order chi connectivity index (χ0) is 20.9. The van der Waals surface area contributed by atoms with Gasteiger partial charge in [0.15, 0.2) is 0 Å². The SMILES string of the molecule is C=CCN(C)CC1CCC(CN(C)S(=O)(=O)c2ccc(C(F)(F)F)cc2)CC1. The number of nitrogens with zero attached hydrogens (tertiary/aromatic N) is 2. The van der Waals surface area contributed by atoms with E-state index in [0.717, 1.165) is 63.0 Å². The molecule has 0 N–H and O–H groups in total. The van der Waals surface area contributed by atoms with Crippen LogP contribution in [0, 0.1) is 11.8 Å². The average molecular weight is 419 g/mol. The molecule has 1 aromatic carbocycles. The Morgan fingerprint density at radius 3 is 2.00 bits per heavy atom. The van der Waals surface area contributed by atoms with Crippen LogP contribution in [0.1, 0.15) is 31.2 Å². The lowest BCUT2D eigenvalue weighted by Gasteiger charge is -2.32. The van der Waals surface area contributed by atoms with Gasteiger partial charge in [0.25, 0.3) is 0 Å². The maximum absolute atomic E-state index is 12.7. The summed E-state index contributed by atoms with van der Waals surface area (Å²) in [6.45, 7) is 6.00. The Morgan fingerprint density at radius 1 is 1.04 bits per heavy atom. The van der Waals surface area contributed by atoms with Crippen LogP contribution in [0.2, 0.25) is 0 Å². The largest absolute Gasteiger partial charge is 0.416 e. The molecule has 0 aromatic heterocycles. The van der Waals surface area contributed by atoms with Crippen LogP contribution in [-0.2, 0) is 16.2 Å². The van der Waals surface area contributed by atoms with Gasteiger partial charge in [0.1, 0.15) is 0 Å². The van der Waals surface area contributed by atoms with E-state index in [2.05, 4.69) is 18.5 Å². The summed E-state index contributed by atoms with van der Waals surface area (Å²) in [6.07, 6.45) is 1.43. The Balaban J connectivity index is 1.92. The van der Waals surface area contributed by atoms with Crippen molar-refractivity contribution in [2.24, 2.45) is 11.8 Å². The second-order valence-electron chi connectivity index (χ2n) is 7.70. The Hall–Kier alpha value is -1.38. The molecule has 1 fully saturated rings. The highest BCUT2D eigenvalue weighted by molar-refractivity contribution is 7.89. The first kappa shape index (κ1) is 22.9. The van der Waals surface area contributed by atoms with Gasteiger partial charge in [-0.2, -0.15) is 13.2 Å². The van der Waals surface area contributed by atoms with Gasteiger partial charge in [-0.3, -0.25) is 0 Å². The van der Waals surface area contributed by atoms with Gasteiger partial charge in [-0.15, -0.1) is 6.58 Å². The first-order valence-corrected chi connectivity index (χ1v) is 10.9. The number of alkyl halides is 3. The lowest BCUT2D eigenvalue weighted by molar-refractivity contribution is -0.137. The van der Waals surface area contributed by atoms with Crippen LogP contribution in [0.25, 0.3) is 0 Å². The Bertz CT molecular complexity index is 740. The number of likely N-dealkylation sites (N-methyl/N-ethyl adjacent to an activating group) is 1. The van der Waals surface area contributed by atoms with Gasteiger partial charge >= 0.3 is 6.18 Å². The fourth-order valence-corrected chi connectivity index (χ4v) is 5.04. The van der Waals surface area contributed by atoms with Gasteiger partial charge in [0, 0.05) is 26.7 Å². The average Bonchev–Trinajstić information content (AvgIpc) is 2.63. The number of rotatable bonds is 8. The maximum Gasteiger partial charge on any atom is 0.416 e. The summed E-state index contributed by atoms with van der Waals surface area (Å²) < 4.78 is 64.6. The zero-order valence-electron chi connectivity index (χ0n) is 16.5. The minimum absolute atomic E-state index is 0.109. The third-order valence-corrected chi connectivity index (χ3v) is 7.22. The highest BCUT2D eigenvalue weighted by Crippen LogP contribution is 2.32. The molecular weight excluding hydrogens is 389 g/mol. The second-order valence-corrected chi connectivity index (χ2v) is 9.75. The zero-order valence-corrected chi connectivity index (χ0v) is 17.3. The minimum Gasteiger partial charge on any atom is -0.302 e. The van der Waals surface area contributed by atoms with Crippen molar-refractivity contribution in [1.82, 2.24) is 9.21 Å². The lowest BCUT2D eigenvalue weighted by atomic mass is 9.82. The van der Waals surface area contributed by atoms with E-state index in [-0.39, 0.29) is 10.8 Å². The summed E-state index contributed by atoms with van der Waals surface area (Å²) in [5.41, 5.74) is -0.853. The third kappa shape index (κ3) is 6.06.